The summed E-state index contributed by atoms with van der Waals surface area (Å²) in [5.74, 6) is 0.152. The average Bonchev–Trinajstić information content (AvgIpc) is 2.28. The first kappa shape index (κ1) is 11.1. The van der Waals surface area contributed by atoms with E-state index in [1.807, 2.05) is 6.07 Å². The summed E-state index contributed by atoms with van der Waals surface area (Å²) in [4.78, 5) is 26.9. The lowest BCUT2D eigenvalue weighted by Gasteiger charge is -2.02. The van der Waals surface area contributed by atoms with Crippen molar-refractivity contribution in [2.24, 2.45) is 0 Å². The van der Waals surface area contributed by atoms with Crippen molar-refractivity contribution >= 4 is 5.97 Å². The maximum atomic E-state index is 10.6. The third-order valence-electron chi connectivity index (χ3n) is 2.00. The van der Waals surface area contributed by atoms with Crippen molar-refractivity contribution in [1.29, 1.82) is 0 Å². The number of pyridine rings is 1. The van der Waals surface area contributed by atoms with Gasteiger partial charge < -0.3 is 5.11 Å². The van der Waals surface area contributed by atoms with Crippen molar-refractivity contribution in [3.8, 4) is 11.5 Å². The van der Waals surface area contributed by atoms with Gasteiger partial charge >= 0.3 is 5.97 Å². The van der Waals surface area contributed by atoms with E-state index in [4.69, 9.17) is 5.11 Å². The molecule has 2 aromatic heterocycles. The highest BCUT2D eigenvalue weighted by atomic mass is 16.4. The zero-order valence-corrected chi connectivity index (χ0v) is 9.16. The fourth-order valence-electron chi connectivity index (χ4n) is 1.36. The monoisotopic (exact) mass is 230 g/mol. The minimum absolute atomic E-state index is 0.219. The van der Waals surface area contributed by atoms with Gasteiger partial charge in [0.2, 0.25) is 0 Å². The van der Waals surface area contributed by atoms with Gasteiger partial charge in [-0.3, -0.25) is 9.78 Å². The smallest absolute Gasteiger partial charge is 0.311 e. The largest absolute Gasteiger partial charge is 0.481 e. The van der Waals surface area contributed by atoms with Crippen molar-refractivity contribution < 1.29 is 9.90 Å². The fourth-order valence-corrected chi connectivity index (χ4v) is 1.36. The van der Waals surface area contributed by atoms with Crippen molar-refractivity contribution in [2.75, 3.05) is 0 Å². The van der Waals surface area contributed by atoms with Gasteiger partial charge in [0.15, 0.2) is 5.82 Å². The lowest BCUT2D eigenvalue weighted by Crippen LogP contribution is -2.08. The molecule has 0 bridgehead atoms. The minimum Gasteiger partial charge on any atom is -0.481 e. The first-order valence-corrected chi connectivity index (χ1v) is 5.00. The van der Waals surface area contributed by atoms with Crippen LogP contribution in [0.1, 0.15) is 11.6 Å². The van der Waals surface area contributed by atoms with Crippen molar-refractivity contribution in [2.45, 2.75) is 13.3 Å². The Hall–Kier alpha value is -2.37. The second-order valence-electron chi connectivity index (χ2n) is 3.41. The average molecular weight is 230 g/mol. The van der Waals surface area contributed by atoms with Crippen LogP contribution in [-0.4, -0.2) is 31.0 Å². The van der Waals surface area contributed by atoms with Gasteiger partial charge in [-0.15, -0.1) is 0 Å². The molecule has 0 fully saturated rings. The quantitative estimate of drug-likeness (QED) is 0.841. The van der Waals surface area contributed by atoms with Gasteiger partial charge in [0.05, 0.1) is 0 Å². The Bertz CT molecular complexity index is 542. The molecule has 0 saturated heterocycles. The van der Waals surface area contributed by atoms with Gasteiger partial charge in [-0.1, -0.05) is 6.07 Å². The van der Waals surface area contributed by atoms with E-state index in [2.05, 4.69) is 19.9 Å². The van der Waals surface area contributed by atoms with Gasteiger partial charge in [0.25, 0.3) is 0 Å². The molecule has 2 heterocycles. The van der Waals surface area contributed by atoms with E-state index in [9.17, 15) is 4.79 Å². The molecule has 0 unspecified atom stereocenters. The van der Waals surface area contributed by atoms with Crippen LogP contribution in [0.4, 0.5) is 0 Å². The molecule has 0 aliphatic heterocycles. The van der Waals surface area contributed by atoms with E-state index in [0.717, 1.165) is 0 Å². The third-order valence-corrected chi connectivity index (χ3v) is 2.00. The van der Waals surface area contributed by atoms with Crippen molar-refractivity contribution in [1.82, 2.24) is 19.9 Å². The van der Waals surface area contributed by atoms with Gasteiger partial charge in [0, 0.05) is 6.20 Å². The second kappa shape index (κ2) is 4.65. The molecule has 1 N–H and O–H groups in total. The molecule has 6 nitrogen and oxygen atoms in total. The van der Waals surface area contributed by atoms with E-state index in [1.165, 1.54) is 0 Å². The summed E-state index contributed by atoms with van der Waals surface area (Å²) in [6, 6.07) is 5.37. The van der Waals surface area contributed by atoms with E-state index in [0.29, 0.717) is 17.3 Å². The number of aryl methyl sites for hydroxylation is 1. The summed E-state index contributed by atoms with van der Waals surface area (Å²) in [5, 5.41) is 8.70. The number of aliphatic carboxylic acids is 1. The highest BCUT2D eigenvalue weighted by Gasteiger charge is 2.09. The number of carbonyl (C=O) groups is 1. The first-order valence-electron chi connectivity index (χ1n) is 5.00. The highest BCUT2D eigenvalue weighted by Crippen LogP contribution is 2.10. The Morgan fingerprint density at radius 2 is 2.12 bits per heavy atom. The highest BCUT2D eigenvalue weighted by molar-refractivity contribution is 5.69. The van der Waals surface area contributed by atoms with Crippen LogP contribution in [0.25, 0.3) is 11.5 Å². The Morgan fingerprint density at radius 3 is 2.76 bits per heavy atom. The SMILES string of the molecule is Cc1nc(CC(=O)O)nc(-c2ccccn2)n1. The first-order chi connectivity index (χ1) is 8.15. The van der Waals surface area contributed by atoms with Crippen LogP contribution in [0, 0.1) is 6.92 Å². The number of nitrogens with zero attached hydrogens (tertiary/aromatic N) is 4. The lowest BCUT2D eigenvalue weighted by molar-refractivity contribution is -0.136. The summed E-state index contributed by atoms with van der Waals surface area (Å²) in [7, 11) is 0. The van der Waals surface area contributed by atoms with Crippen molar-refractivity contribution in [3.05, 3.63) is 36.0 Å². The van der Waals surface area contributed by atoms with Gasteiger partial charge in [0.1, 0.15) is 23.8 Å². The Balaban J connectivity index is 2.42. The molecular weight excluding hydrogens is 220 g/mol. The third kappa shape index (κ3) is 2.81. The minimum atomic E-state index is -0.970. The molecular formula is C11H10N4O2. The summed E-state index contributed by atoms with van der Waals surface area (Å²) < 4.78 is 0. The topological polar surface area (TPSA) is 88.9 Å². The van der Waals surface area contributed by atoms with Crippen LogP contribution in [-0.2, 0) is 11.2 Å². The zero-order chi connectivity index (χ0) is 12.3. The zero-order valence-electron chi connectivity index (χ0n) is 9.16. The normalized spacial score (nSPS) is 10.2. The molecule has 0 spiro atoms. The van der Waals surface area contributed by atoms with Gasteiger partial charge in [-0.25, -0.2) is 15.0 Å². The van der Waals surface area contributed by atoms with E-state index in [-0.39, 0.29) is 12.2 Å². The molecule has 0 amide bonds. The molecule has 17 heavy (non-hydrogen) atoms. The molecule has 2 rings (SSSR count). The standard InChI is InChI=1S/C11H10N4O2/c1-7-13-9(6-10(16)17)15-11(14-7)8-4-2-3-5-12-8/h2-5H,6H2,1H3,(H,16,17). The van der Waals surface area contributed by atoms with Crippen LogP contribution in [0.15, 0.2) is 24.4 Å². The molecule has 0 aliphatic rings. The van der Waals surface area contributed by atoms with E-state index < -0.39 is 5.97 Å². The maximum Gasteiger partial charge on any atom is 0.311 e. The van der Waals surface area contributed by atoms with Crippen LogP contribution < -0.4 is 0 Å². The number of carboxylic acid groups (broad SMARTS) is 1. The van der Waals surface area contributed by atoms with Crippen LogP contribution >= 0.6 is 0 Å². The second-order valence-corrected chi connectivity index (χ2v) is 3.41. The number of carboxylic acids is 1. The molecule has 6 heteroatoms. The molecule has 0 aliphatic carbocycles. The van der Waals surface area contributed by atoms with E-state index >= 15 is 0 Å². The Labute approximate surface area is 97.4 Å². The number of rotatable bonds is 3. The molecule has 0 atom stereocenters. The molecule has 0 aromatic carbocycles. The molecule has 0 saturated carbocycles. The lowest BCUT2D eigenvalue weighted by atomic mass is 10.3. The Kier molecular flexibility index (Phi) is 3.04. The molecule has 86 valence electrons. The molecule has 0 radical (unpaired) electrons. The summed E-state index contributed by atoms with van der Waals surface area (Å²) in [5.41, 5.74) is 0.602. The Morgan fingerprint density at radius 1 is 1.29 bits per heavy atom. The van der Waals surface area contributed by atoms with Crippen LogP contribution in [0.3, 0.4) is 0 Å². The summed E-state index contributed by atoms with van der Waals surface area (Å²) in [6.45, 7) is 1.69. The van der Waals surface area contributed by atoms with Gasteiger partial charge in [-0.2, -0.15) is 0 Å². The van der Waals surface area contributed by atoms with Crippen LogP contribution in [0.2, 0.25) is 0 Å². The van der Waals surface area contributed by atoms with E-state index in [1.54, 1.807) is 25.3 Å². The number of hydrogen-bond donors (Lipinski definition) is 1. The summed E-state index contributed by atoms with van der Waals surface area (Å²) >= 11 is 0. The number of hydrogen-bond acceptors (Lipinski definition) is 5. The molecule has 2 aromatic rings. The van der Waals surface area contributed by atoms with Crippen LogP contribution in [0.5, 0.6) is 0 Å². The number of aromatic nitrogens is 4. The predicted molar refractivity (Wildman–Crippen MR) is 59.1 cm³/mol. The van der Waals surface area contributed by atoms with Crippen molar-refractivity contribution in [3.63, 3.8) is 0 Å². The fraction of sp³-hybridized carbons (Fsp3) is 0.182. The summed E-state index contributed by atoms with van der Waals surface area (Å²) in [6.07, 6.45) is 1.41. The van der Waals surface area contributed by atoms with Gasteiger partial charge in [-0.05, 0) is 19.1 Å². The maximum absolute atomic E-state index is 10.6. The predicted octanol–water partition coefficient (Wildman–Crippen LogP) is 0.869.